The summed E-state index contributed by atoms with van der Waals surface area (Å²) in [6.07, 6.45) is 0.879. The second-order valence-electron chi connectivity index (χ2n) is 7.83. The van der Waals surface area contributed by atoms with Gasteiger partial charge in [0.25, 0.3) is 5.91 Å². The Balaban J connectivity index is 2.06. The van der Waals surface area contributed by atoms with Crippen molar-refractivity contribution in [3.8, 4) is 0 Å². The fourth-order valence-corrected chi connectivity index (χ4v) is 7.27. The van der Waals surface area contributed by atoms with Crippen LogP contribution in [0.2, 0.25) is 0 Å². The summed E-state index contributed by atoms with van der Waals surface area (Å²) in [5.41, 5.74) is 0.409. The van der Waals surface area contributed by atoms with Gasteiger partial charge in [-0.2, -0.15) is 4.31 Å². The monoisotopic (exact) mass is 444 g/mol. The zero-order valence-corrected chi connectivity index (χ0v) is 19.3. The molecule has 1 amide bonds. The Bertz CT molecular complexity index is 897. The molecule has 1 fully saturated rings. The molecule has 164 valence electrons. The predicted molar refractivity (Wildman–Crippen MR) is 114 cm³/mol. The van der Waals surface area contributed by atoms with E-state index < -0.39 is 25.1 Å². The van der Waals surface area contributed by atoms with Gasteiger partial charge in [0.05, 0.1) is 15.9 Å². The molecule has 0 atom stereocenters. The van der Waals surface area contributed by atoms with Crippen LogP contribution in [0.5, 0.6) is 0 Å². The number of sulfonamides is 1. The van der Waals surface area contributed by atoms with E-state index in [1.54, 1.807) is 18.7 Å². The van der Waals surface area contributed by atoms with Crippen LogP contribution in [0.25, 0.3) is 0 Å². The molecule has 0 spiro atoms. The van der Waals surface area contributed by atoms with Crippen molar-refractivity contribution in [1.82, 2.24) is 9.21 Å². The van der Waals surface area contributed by atoms with Crippen LogP contribution in [-0.4, -0.2) is 69.1 Å². The summed E-state index contributed by atoms with van der Waals surface area (Å²) in [6.45, 7) is 8.89. The molecule has 29 heavy (non-hydrogen) atoms. The molecule has 9 heteroatoms. The van der Waals surface area contributed by atoms with Crippen LogP contribution < -0.4 is 0 Å². The smallest absolute Gasteiger partial charge is 0.253 e. The first-order chi connectivity index (χ1) is 13.5. The lowest BCUT2D eigenvalue weighted by Gasteiger charge is -2.32. The molecule has 7 nitrogen and oxygen atoms in total. The molecular weight excluding hydrogens is 412 g/mol. The summed E-state index contributed by atoms with van der Waals surface area (Å²) in [4.78, 5) is 14.6. The highest BCUT2D eigenvalue weighted by molar-refractivity contribution is 7.92. The zero-order valence-electron chi connectivity index (χ0n) is 17.7. The predicted octanol–water partition coefficient (Wildman–Crippen LogP) is 2.39. The third kappa shape index (κ3) is 5.58. The van der Waals surface area contributed by atoms with Gasteiger partial charge in [-0.1, -0.05) is 27.7 Å². The van der Waals surface area contributed by atoms with E-state index in [-0.39, 0.29) is 22.5 Å². The van der Waals surface area contributed by atoms with Crippen molar-refractivity contribution in [1.29, 1.82) is 0 Å². The lowest BCUT2D eigenvalue weighted by molar-refractivity contribution is 0.0725. The molecule has 0 radical (unpaired) electrons. The second-order valence-corrected chi connectivity index (χ2v) is 12.1. The number of rotatable bonds is 8. The van der Waals surface area contributed by atoms with Gasteiger partial charge >= 0.3 is 0 Å². The van der Waals surface area contributed by atoms with Gasteiger partial charge in [-0.05, 0) is 43.0 Å². The van der Waals surface area contributed by atoms with E-state index in [2.05, 4.69) is 0 Å². The van der Waals surface area contributed by atoms with Crippen molar-refractivity contribution >= 4 is 25.8 Å². The Morgan fingerprint density at radius 2 is 1.55 bits per heavy atom. The molecule has 1 aliphatic heterocycles. The van der Waals surface area contributed by atoms with Crippen LogP contribution in [-0.2, 0) is 19.9 Å². The molecular formula is C20H32N2O5S2. The van der Waals surface area contributed by atoms with Gasteiger partial charge in [-0.15, -0.1) is 0 Å². The summed E-state index contributed by atoms with van der Waals surface area (Å²) < 4.78 is 51.3. The number of amides is 1. The van der Waals surface area contributed by atoms with Crippen molar-refractivity contribution in [3.63, 3.8) is 0 Å². The number of piperidine rings is 1. The highest BCUT2D eigenvalue weighted by Crippen LogP contribution is 2.22. The van der Waals surface area contributed by atoms with Crippen LogP contribution in [0.1, 0.15) is 50.9 Å². The summed E-state index contributed by atoms with van der Waals surface area (Å²) in [5.74, 6) is 0.0657. The minimum absolute atomic E-state index is 0.0887. The number of hydrogen-bond acceptors (Lipinski definition) is 5. The summed E-state index contributed by atoms with van der Waals surface area (Å²) in [5, 5.41) is -0.393. The molecule has 0 saturated carbocycles. The molecule has 1 aliphatic rings. The number of carbonyl (C=O) groups excluding carboxylic acids is 1. The largest absolute Gasteiger partial charge is 0.339 e. The SMILES string of the molecule is CCN(CC)S(=O)(=O)c1ccc(C(=O)N2CCC(S(=O)(=O)CC(C)C)CC2)cc1. The van der Waals surface area contributed by atoms with Gasteiger partial charge in [0.1, 0.15) is 0 Å². The second kappa shape index (κ2) is 9.57. The third-order valence-corrected chi connectivity index (χ3v) is 9.93. The maximum Gasteiger partial charge on any atom is 0.253 e. The average Bonchev–Trinajstić information content (AvgIpc) is 2.67. The molecule has 1 saturated heterocycles. The lowest BCUT2D eigenvalue weighted by Crippen LogP contribution is -2.43. The first kappa shape index (κ1) is 23.8. The highest BCUT2D eigenvalue weighted by Gasteiger charge is 2.32. The maximum absolute atomic E-state index is 12.8. The van der Waals surface area contributed by atoms with E-state index in [9.17, 15) is 21.6 Å². The fraction of sp³-hybridized carbons (Fsp3) is 0.650. The molecule has 2 rings (SSSR count). The Morgan fingerprint density at radius 1 is 1.03 bits per heavy atom. The quantitative estimate of drug-likeness (QED) is 0.614. The molecule has 1 aromatic carbocycles. The van der Waals surface area contributed by atoms with Crippen molar-refractivity contribution in [3.05, 3.63) is 29.8 Å². The first-order valence-electron chi connectivity index (χ1n) is 10.1. The van der Waals surface area contributed by atoms with Crippen molar-refractivity contribution < 1.29 is 21.6 Å². The minimum Gasteiger partial charge on any atom is -0.339 e. The van der Waals surface area contributed by atoms with Crippen LogP contribution in [0.3, 0.4) is 0 Å². The van der Waals surface area contributed by atoms with E-state index in [0.29, 0.717) is 44.6 Å². The standard InChI is InChI=1S/C20H32N2O5S2/c1-5-22(6-2)29(26,27)19-9-7-17(8-10-19)20(23)21-13-11-18(12-14-21)28(24,25)15-16(3)4/h7-10,16,18H,5-6,11-15H2,1-4H3. The average molecular weight is 445 g/mol. The van der Waals surface area contributed by atoms with Crippen LogP contribution >= 0.6 is 0 Å². The van der Waals surface area contributed by atoms with E-state index in [4.69, 9.17) is 0 Å². The number of likely N-dealkylation sites (tertiary alicyclic amines) is 1. The van der Waals surface area contributed by atoms with E-state index in [1.165, 1.54) is 28.6 Å². The number of carbonyl (C=O) groups is 1. The number of hydrogen-bond donors (Lipinski definition) is 0. The van der Waals surface area contributed by atoms with Gasteiger partial charge in [0, 0.05) is 31.7 Å². The Labute approximate surface area is 175 Å². The number of sulfone groups is 1. The Morgan fingerprint density at radius 3 is 2.00 bits per heavy atom. The Kier molecular flexibility index (Phi) is 7.86. The van der Waals surface area contributed by atoms with Gasteiger partial charge < -0.3 is 4.90 Å². The molecule has 0 aliphatic carbocycles. The topological polar surface area (TPSA) is 91.8 Å². The Hall–Kier alpha value is -1.45. The number of nitrogens with zero attached hydrogens (tertiary/aromatic N) is 2. The number of benzene rings is 1. The summed E-state index contributed by atoms with van der Waals surface area (Å²) in [7, 11) is -6.70. The van der Waals surface area contributed by atoms with Crippen molar-refractivity contribution in [2.45, 2.75) is 50.7 Å². The molecule has 1 aromatic rings. The van der Waals surface area contributed by atoms with Crippen molar-refractivity contribution in [2.75, 3.05) is 31.9 Å². The van der Waals surface area contributed by atoms with Gasteiger partial charge in [-0.3, -0.25) is 4.79 Å². The summed E-state index contributed by atoms with van der Waals surface area (Å²) >= 11 is 0. The lowest BCUT2D eigenvalue weighted by atomic mass is 10.1. The molecule has 0 N–H and O–H groups in total. The van der Waals surface area contributed by atoms with Gasteiger partial charge in [0.2, 0.25) is 10.0 Å². The van der Waals surface area contributed by atoms with Gasteiger partial charge in [-0.25, -0.2) is 16.8 Å². The molecule has 1 heterocycles. The van der Waals surface area contributed by atoms with Crippen molar-refractivity contribution in [2.24, 2.45) is 5.92 Å². The van der Waals surface area contributed by atoms with Crippen LogP contribution in [0.4, 0.5) is 0 Å². The minimum atomic E-state index is -3.56. The normalized spacial score (nSPS) is 16.6. The van der Waals surface area contributed by atoms with Gasteiger partial charge in [0.15, 0.2) is 9.84 Å². The van der Waals surface area contributed by atoms with Crippen LogP contribution in [0.15, 0.2) is 29.2 Å². The highest BCUT2D eigenvalue weighted by atomic mass is 32.2. The molecule has 0 bridgehead atoms. The summed E-state index contributed by atoms with van der Waals surface area (Å²) in [6, 6.07) is 5.97. The molecule has 0 aromatic heterocycles. The third-order valence-electron chi connectivity index (χ3n) is 5.25. The van der Waals surface area contributed by atoms with E-state index in [0.717, 1.165) is 0 Å². The fourth-order valence-electron chi connectivity index (χ4n) is 3.68. The zero-order chi connectivity index (χ0) is 21.8. The molecule has 0 unspecified atom stereocenters. The maximum atomic E-state index is 12.8. The van der Waals surface area contributed by atoms with Crippen LogP contribution in [0, 0.1) is 5.92 Å². The van der Waals surface area contributed by atoms with E-state index >= 15 is 0 Å². The first-order valence-corrected chi connectivity index (χ1v) is 13.3. The van der Waals surface area contributed by atoms with E-state index in [1.807, 2.05) is 13.8 Å².